The molecule has 0 amide bonds. The molecule has 10 rings (SSSR count). The molecule has 0 bridgehead atoms. The Balaban J connectivity index is 1.07. The van der Waals surface area contributed by atoms with Gasteiger partial charge >= 0.3 is 8.56 Å². The van der Waals surface area contributed by atoms with Crippen LogP contribution in [0.5, 0.6) is 0 Å². The summed E-state index contributed by atoms with van der Waals surface area (Å²) in [5.41, 5.74) is 5.79. The molecule has 8 aromatic rings. The maximum atomic E-state index is 7.94. The second-order valence-electron chi connectivity index (χ2n) is 21.0. The molecule has 0 spiro atoms. The molecule has 0 saturated carbocycles. The summed E-state index contributed by atoms with van der Waals surface area (Å²) in [6.07, 6.45) is -6.99. The molecule has 2 aliphatic heterocycles. The zero-order chi connectivity index (χ0) is 58.5. The van der Waals surface area contributed by atoms with Gasteiger partial charge in [-0.3, -0.25) is 0 Å². The van der Waals surface area contributed by atoms with Crippen LogP contribution in [0.1, 0.15) is 33.4 Å². The molecule has 0 aliphatic carbocycles. The Kier molecular flexibility index (Phi) is 22.6. The average Bonchev–Trinajstić information content (AvgIpc) is 1.49. The third kappa shape index (κ3) is 15.9. The van der Waals surface area contributed by atoms with Crippen molar-refractivity contribution in [1.29, 1.82) is 0 Å². The van der Waals surface area contributed by atoms with Gasteiger partial charge in [0, 0.05) is 14.2 Å². The zero-order valence-electron chi connectivity index (χ0n) is 48.2. The van der Waals surface area contributed by atoms with E-state index < -0.39 is 82.2 Å². The van der Waals surface area contributed by atoms with Gasteiger partial charge in [-0.15, -0.1) is 13.2 Å². The van der Waals surface area contributed by atoms with E-state index in [0.717, 1.165) is 43.8 Å². The molecule has 12 atom stereocenters. The van der Waals surface area contributed by atoms with Gasteiger partial charge < -0.3 is 56.2 Å². The third-order valence-corrected chi connectivity index (χ3v) is 18.7. The van der Waals surface area contributed by atoms with E-state index in [0.29, 0.717) is 0 Å². The van der Waals surface area contributed by atoms with Crippen molar-refractivity contribution >= 4 is 18.9 Å². The Morgan fingerprint density at radius 1 is 0.329 bits per heavy atom. The molecule has 13 heteroatoms. The summed E-state index contributed by atoms with van der Waals surface area (Å²) in [7, 11) is -0.944. The molecule has 2 aliphatic rings. The van der Waals surface area contributed by atoms with Crippen LogP contribution in [0.3, 0.4) is 0 Å². The molecule has 440 valence electrons. The second kappa shape index (κ2) is 31.4. The lowest BCUT2D eigenvalue weighted by atomic mass is 9.94. The van der Waals surface area contributed by atoms with Crippen LogP contribution in [0.2, 0.25) is 0 Å². The van der Waals surface area contributed by atoms with Gasteiger partial charge in [-0.1, -0.05) is 255 Å². The van der Waals surface area contributed by atoms with Crippen molar-refractivity contribution in [2.45, 2.75) is 113 Å². The number of hydrogen-bond acceptors (Lipinski definition) is 12. The normalized spacial score (nSPS) is 23.1. The van der Waals surface area contributed by atoms with Gasteiger partial charge in [0.15, 0.2) is 12.6 Å². The number of ether oxygens (including phenoxy) is 10. The van der Waals surface area contributed by atoms with Crippen LogP contribution in [0.25, 0.3) is 0 Å². The van der Waals surface area contributed by atoms with Crippen molar-refractivity contribution in [3.05, 3.63) is 301 Å². The van der Waals surface area contributed by atoms with Crippen LogP contribution in [0, 0.1) is 0 Å². The molecule has 12 nitrogen and oxygen atoms in total. The molecule has 85 heavy (non-hydrogen) atoms. The summed E-state index contributed by atoms with van der Waals surface area (Å²) in [4.78, 5) is 0. The lowest BCUT2D eigenvalue weighted by Crippen LogP contribution is -2.71. The van der Waals surface area contributed by atoms with Gasteiger partial charge in [0.25, 0.3) is 0 Å². The number of methoxy groups -OCH3 is 2. The zero-order valence-corrected chi connectivity index (χ0v) is 49.2. The minimum absolute atomic E-state index is 0.214. The monoisotopic (exact) mass is 1160 g/mol. The Hall–Kier alpha value is -7.02. The van der Waals surface area contributed by atoms with Crippen LogP contribution >= 0.6 is 0 Å². The highest BCUT2D eigenvalue weighted by Gasteiger charge is 2.57. The summed E-state index contributed by atoms with van der Waals surface area (Å²) in [6.45, 7) is 10.4. The molecular weight excluding hydrogens is 1080 g/mol. The Labute approximate surface area is 501 Å². The molecule has 2 fully saturated rings. The largest absolute Gasteiger partial charge is 0.408 e. The molecule has 8 aromatic carbocycles. The second-order valence-corrected chi connectivity index (χ2v) is 23.8. The number of hydrogen-bond donors (Lipinski definition) is 0. The molecule has 2 heterocycles. The molecular formula is C72H76O12Si. The highest BCUT2D eigenvalue weighted by molar-refractivity contribution is 6.92. The van der Waals surface area contributed by atoms with Crippen molar-refractivity contribution in [2.24, 2.45) is 0 Å². The van der Waals surface area contributed by atoms with Gasteiger partial charge in [0.05, 0.1) is 51.8 Å². The fourth-order valence-electron chi connectivity index (χ4n) is 11.0. The first-order chi connectivity index (χ1) is 42.0. The first kappa shape index (κ1) is 61.1. The van der Waals surface area contributed by atoms with Crippen molar-refractivity contribution in [3.63, 3.8) is 0 Å². The summed E-state index contributed by atoms with van der Waals surface area (Å²) in [5.74, 6) is 0. The number of benzene rings is 8. The highest BCUT2D eigenvalue weighted by atomic mass is 28.4. The smallest absolute Gasteiger partial charge is 0.378 e. The van der Waals surface area contributed by atoms with Crippen LogP contribution in [-0.2, 0) is 95.9 Å². The standard InChI is InChI=1S/C72H76O12Si/c1-5-61(63-65(75-47-53-31-15-7-16-32-53)67(77-49-55-35-19-9-20-36-55)69(71(73-3)81-63)79-51-57-39-23-11-24-40-57)83-85(59-43-27-13-28-44-59,60-45-29-14-30-46-60)84-62(6-2)64-66(76-48-54-33-17-8-18-34-54)68(78-50-56-37-21-10-22-38-56)70(72(74-4)82-64)80-52-58-41-25-12-26-42-58/h5-46,61-72H,1-2,47-52H2,3-4H3/t61-,62-,63+,64+,65+,66+,67-,68-,69+,70+,71-,72-/m0/s1. The minimum Gasteiger partial charge on any atom is -0.378 e. The average molecular weight is 1160 g/mol. The summed E-state index contributed by atoms with van der Waals surface area (Å²) < 4.78 is 85.1. The quantitative estimate of drug-likeness (QED) is 0.0316. The van der Waals surface area contributed by atoms with E-state index in [2.05, 4.69) is 13.2 Å². The van der Waals surface area contributed by atoms with E-state index in [4.69, 9.17) is 56.2 Å². The SMILES string of the molecule is C=C[C@H](O[Si](O[C@@H](C=C)[C@H]1O[C@H](OC)[C@H](OCc2ccccc2)[C@@H](OCc2ccccc2)[C@@H]1OCc1ccccc1)(c1ccccc1)c1ccccc1)[C@H]1O[C@H](OC)[C@H](OCc2ccccc2)[C@@H](OCc2ccccc2)[C@@H]1OCc1ccccc1. The molecule has 0 unspecified atom stereocenters. The van der Waals surface area contributed by atoms with Gasteiger partial charge in [0.1, 0.15) is 48.8 Å². The van der Waals surface area contributed by atoms with Gasteiger partial charge in [-0.25, -0.2) is 0 Å². The third-order valence-electron chi connectivity index (χ3n) is 15.3. The van der Waals surface area contributed by atoms with Crippen molar-refractivity contribution in [1.82, 2.24) is 0 Å². The summed E-state index contributed by atoms with van der Waals surface area (Å²) in [5, 5.41) is 1.56. The Bertz CT molecular complexity index is 2960. The Morgan fingerprint density at radius 2 is 0.553 bits per heavy atom. The maximum Gasteiger partial charge on any atom is 0.408 e. The minimum atomic E-state index is -4.16. The van der Waals surface area contributed by atoms with Gasteiger partial charge in [-0.05, 0) is 43.8 Å². The Morgan fingerprint density at radius 3 is 0.788 bits per heavy atom. The molecule has 0 N–H and O–H groups in total. The summed E-state index contributed by atoms with van der Waals surface area (Å²) in [6, 6.07) is 80.1. The molecule has 0 aromatic heterocycles. The van der Waals surface area contributed by atoms with E-state index in [9.17, 15) is 0 Å². The summed E-state index contributed by atoms with van der Waals surface area (Å²) >= 11 is 0. The van der Waals surface area contributed by atoms with E-state index in [1.54, 1.807) is 26.4 Å². The van der Waals surface area contributed by atoms with E-state index >= 15 is 0 Å². The molecule has 0 radical (unpaired) electrons. The fraction of sp³-hybridized carbons (Fsp3) is 0.278. The van der Waals surface area contributed by atoms with Crippen LogP contribution in [-0.4, -0.2) is 96.4 Å². The lowest BCUT2D eigenvalue weighted by Gasteiger charge is -2.50. The molecule has 2 saturated heterocycles. The van der Waals surface area contributed by atoms with E-state index in [1.807, 2.05) is 243 Å². The fourth-order valence-corrected chi connectivity index (χ4v) is 14.4. The predicted molar refractivity (Wildman–Crippen MR) is 330 cm³/mol. The first-order valence-corrected chi connectivity index (χ1v) is 30.8. The lowest BCUT2D eigenvalue weighted by molar-refractivity contribution is -0.328. The van der Waals surface area contributed by atoms with E-state index in [1.165, 1.54) is 0 Å². The van der Waals surface area contributed by atoms with Crippen molar-refractivity contribution in [2.75, 3.05) is 14.2 Å². The topological polar surface area (TPSA) is 111 Å². The number of rotatable bonds is 30. The van der Waals surface area contributed by atoms with Crippen LogP contribution in [0.4, 0.5) is 0 Å². The maximum absolute atomic E-state index is 7.94. The first-order valence-electron chi connectivity index (χ1n) is 29.0. The highest BCUT2D eigenvalue weighted by Crippen LogP contribution is 2.37. The van der Waals surface area contributed by atoms with Crippen LogP contribution in [0.15, 0.2) is 268 Å². The van der Waals surface area contributed by atoms with Crippen molar-refractivity contribution < 1.29 is 56.2 Å². The van der Waals surface area contributed by atoms with E-state index in [-0.39, 0.29) is 39.6 Å². The predicted octanol–water partition coefficient (Wildman–Crippen LogP) is 11.6. The van der Waals surface area contributed by atoms with Crippen LogP contribution < -0.4 is 10.4 Å². The van der Waals surface area contributed by atoms with Gasteiger partial charge in [-0.2, -0.15) is 0 Å². The van der Waals surface area contributed by atoms with Crippen molar-refractivity contribution in [3.8, 4) is 0 Å². The van der Waals surface area contributed by atoms with Gasteiger partial charge in [0.2, 0.25) is 0 Å².